The number of nitrogens with zero attached hydrogens (tertiary/aromatic N) is 2. The molecule has 0 spiro atoms. The predicted octanol–water partition coefficient (Wildman–Crippen LogP) is 2.15. The van der Waals surface area contributed by atoms with Crippen LogP contribution in [0.2, 0.25) is 0 Å². The van der Waals surface area contributed by atoms with E-state index in [0.717, 1.165) is 18.9 Å². The Morgan fingerprint density at radius 2 is 2.40 bits per heavy atom. The van der Waals surface area contributed by atoms with Crippen molar-refractivity contribution in [3.63, 3.8) is 0 Å². The van der Waals surface area contributed by atoms with Crippen molar-refractivity contribution in [3.8, 4) is 0 Å². The highest BCUT2D eigenvalue weighted by atomic mass is 15.3. The van der Waals surface area contributed by atoms with E-state index in [1.54, 1.807) is 0 Å². The Morgan fingerprint density at radius 1 is 1.53 bits per heavy atom. The molecule has 0 amide bonds. The molecule has 1 aromatic rings. The molecule has 2 unspecified atom stereocenters. The first-order valence-corrected chi connectivity index (χ1v) is 6.03. The van der Waals surface area contributed by atoms with E-state index in [1.807, 2.05) is 0 Å². The molecule has 0 saturated heterocycles. The number of aromatic nitrogens is 2. The molecule has 2 atom stereocenters. The van der Waals surface area contributed by atoms with Crippen LogP contribution in [0.5, 0.6) is 0 Å². The smallest absolute Gasteiger partial charge is 0.0524 e. The number of rotatable bonds is 4. The van der Waals surface area contributed by atoms with E-state index < -0.39 is 0 Å². The van der Waals surface area contributed by atoms with Crippen LogP contribution in [0.3, 0.4) is 0 Å². The maximum absolute atomic E-state index is 4.40. The van der Waals surface area contributed by atoms with Gasteiger partial charge in [-0.1, -0.05) is 6.92 Å². The third kappa shape index (κ3) is 2.40. The molecule has 84 valence electrons. The predicted molar refractivity (Wildman–Crippen MR) is 62.0 cm³/mol. The molecule has 3 heteroatoms. The normalized spacial score (nSPS) is 26.0. The Labute approximate surface area is 91.9 Å². The largest absolute Gasteiger partial charge is 0.317 e. The Morgan fingerprint density at radius 3 is 3.07 bits per heavy atom. The van der Waals surface area contributed by atoms with Crippen LogP contribution in [0.1, 0.15) is 44.1 Å². The number of hydrogen-bond donors (Lipinski definition) is 1. The van der Waals surface area contributed by atoms with E-state index in [2.05, 4.69) is 41.5 Å². The molecule has 1 heterocycles. The minimum absolute atomic E-state index is 0.713. The first-order valence-electron chi connectivity index (χ1n) is 6.03. The SMILES string of the molecule is CCCn1cc(C2CCC(NC)C2)cn1. The Kier molecular flexibility index (Phi) is 3.41. The van der Waals surface area contributed by atoms with Gasteiger partial charge in [0.1, 0.15) is 0 Å². The molecular formula is C12H21N3. The van der Waals surface area contributed by atoms with Crippen molar-refractivity contribution in [3.05, 3.63) is 18.0 Å². The topological polar surface area (TPSA) is 29.9 Å². The van der Waals surface area contributed by atoms with Crippen molar-refractivity contribution >= 4 is 0 Å². The maximum atomic E-state index is 4.40. The molecule has 15 heavy (non-hydrogen) atoms. The molecule has 0 bridgehead atoms. The average Bonchev–Trinajstić information content (AvgIpc) is 2.85. The zero-order valence-corrected chi connectivity index (χ0v) is 9.74. The molecular weight excluding hydrogens is 186 g/mol. The first-order chi connectivity index (χ1) is 7.33. The van der Waals surface area contributed by atoms with Gasteiger partial charge in [0.25, 0.3) is 0 Å². The lowest BCUT2D eigenvalue weighted by atomic mass is 10.0. The van der Waals surface area contributed by atoms with Gasteiger partial charge in [0.05, 0.1) is 6.20 Å². The lowest BCUT2D eigenvalue weighted by molar-refractivity contribution is 0.571. The summed E-state index contributed by atoms with van der Waals surface area (Å²) in [4.78, 5) is 0. The Bertz CT molecular complexity index is 306. The second-order valence-corrected chi connectivity index (χ2v) is 4.53. The van der Waals surface area contributed by atoms with Crippen molar-refractivity contribution in [2.24, 2.45) is 0 Å². The molecule has 0 aliphatic heterocycles. The maximum Gasteiger partial charge on any atom is 0.0524 e. The van der Waals surface area contributed by atoms with Crippen LogP contribution in [0.15, 0.2) is 12.4 Å². The summed E-state index contributed by atoms with van der Waals surface area (Å²) in [6, 6.07) is 0.713. The fourth-order valence-electron chi connectivity index (χ4n) is 2.49. The van der Waals surface area contributed by atoms with E-state index in [4.69, 9.17) is 0 Å². The molecule has 0 aromatic carbocycles. The second-order valence-electron chi connectivity index (χ2n) is 4.53. The zero-order chi connectivity index (χ0) is 10.7. The van der Waals surface area contributed by atoms with Gasteiger partial charge in [-0.05, 0) is 44.2 Å². The van der Waals surface area contributed by atoms with Gasteiger partial charge in [0.15, 0.2) is 0 Å². The Balaban J connectivity index is 1.97. The van der Waals surface area contributed by atoms with Crippen molar-refractivity contribution < 1.29 is 0 Å². The van der Waals surface area contributed by atoms with Crippen LogP contribution in [0.4, 0.5) is 0 Å². The van der Waals surface area contributed by atoms with Gasteiger partial charge in [0.2, 0.25) is 0 Å². The van der Waals surface area contributed by atoms with Crippen LogP contribution in [0.25, 0.3) is 0 Å². The highest BCUT2D eigenvalue weighted by molar-refractivity contribution is 5.14. The fraction of sp³-hybridized carbons (Fsp3) is 0.750. The monoisotopic (exact) mass is 207 g/mol. The number of hydrogen-bond acceptors (Lipinski definition) is 2. The van der Waals surface area contributed by atoms with E-state index in [1.165, 1.54) is 24.8 Å². The van der Waals surface area contributed by atoms with E-state index in [0.29, 0.717) is 6.04 Å². The molecule has 2 rings (SSSR count). The minimum atomic E-state index is 0.713. The van der Waals surface area contributed by atoms with Crippen LogP contribution in [-0.2, 0) is 6.54 Å². The van der Waals surface area contributed by atoms with E-state index >= 15 is 0 Å². The third-order valence-corrected chi connectivity index (χ3v) is 3.42. The Hall–Kier alpha value is -0.830. The standard InChI is InChI=1S/C12H21N3/c1-3-6-15-9-11(8-14-15)10-4-5-12(7-10)13-2/h8-10,12-13H,3-7H2,1-2H3. The van der Waals surface area contributed by atoms with Crippen LogP contribution < -0.4 is 5.32 Å². The van der Waals surface area contributed by atoms with Crippen molar-refractivity contribution in [2.75, 3.05) is 7.05 Å². The van der Waals surface area contributed by atoms with E-state index in [-0.39, 0.29) is 0 Å². The van der Waals surface area contributed by atoms with Crippen molar-refractivity contribution in [1.29, 1.82) is 0 Å². The molecule has 1 aliphatic rings. The minimum Gasteiger partial charge on any atom is -0.317 e. The highest BCUT2D eigenvalue weighted by Crippen LogP contribution is 2.33. The summed E-state index contributed by atoms with van der Waals surface area (Å²) in [5.74, 6) is 0.730. The van der Waals surface area contributed by atoms with Gasteiger partial charge in [-0.3, -0.25) is 4.68 Å². The van der Waals surface area contributed by atoms with Crippen LogP contribution >= 0.6 is 0 Å². The van der Waals surface area contributed by atoms with Crippen LogP contribution in [-0.4, -0.2) is 22.9 Å². The summed E-state index contributed by atoms with van der Waals surface area (Å²) in [7, 11) is 2.06. The summed E-state index contributed by atoms with van der Waals surface area (Å²) in [5, 5.41) is 7.77. The molecule has 0 radical (unpaired) electrons. The second kappa shape index (κ2) is 4.79. The van der Waals surface area contributed by atoms with Gasteiger partial charge < -0.3 is 5.32 Å². The molecule has 1 saturated carbocycles. The lowest BCUT2D eigenvalue weighted by Crippen LogP contribution is -2.21. The van der Waals surface area contributed by atoms with Gasteiger partial charge in [0, 0.05) is 18.8 Å². The summed E-state index contributed by atoms with van der Waals surface area (Å²) in [6.07, 6.45) is 9.33. The van der Waals surface area contributed by atoms with Gasteiger partial charge in [-0.25, -0.2) is 0 Å². The van der Waals surface area contributed by atoms with Crippen molar-refractivity contribution in [2.45, 2.75) is 51.1 Å². The quantitative estimate of drug-likeness (QED) is 0.820. The average molecular weight is 207 g/mol. The molecule has 3 nitrogen and oxygen atoms in total. The van der Waals surface area contributed by atoms with Crippen molar-refractivity contribution in [1.82, 2.24) is 15.1 Å². The molecule has 1 aliphatic carbocycles. The third-order valence-electron chi connectivity index (χ3n) is 3.42. The lowest BCUT2D eigenvalue weighted by Gasteiger charge is -2.08. The summed E-state index contributed by atoms with van der Waals surface area (Å²) >= 11 is 0. The van der Waals surface area contributed by atoms with Gasteiger partial charge >= 0.3 is 0 Å². The van der Waals surface area contributed by atoms with Gasteiger partial charge in [-0.15, -0.1) is 0 Å². The van der Waals surface area contributed by atoms with Crippen LogP contribution in [0, 0.1) is 0 Å². The summed E-state index contributed by atoms with van der Waals surface area (Å²) in [6.45, 7) is 3.23. The molecule has 1 fully saturated rings. The summed E-state index contributed by atoms with van der Waals surface area (Å²) in [5.41, 5.74) is 1.43. The highest BCUT2D eigenvalue weighted by Gasteiger charge is 2.25. The number of nitrogens with one attached hydrogen (secondary N) is 1. The first kappa shape index (κ1) is 10.7. The summed E-state index contributed by atoms with van der Waals surface area (Å²) < 4.78 is 2.07. The zero-order valence-electron chi connectivity index (χ0n) is 9.74. The molecule has 1 aromatic heterocycles. The number of aryl methyl sites for hydroxylation is 1. The van der Waals surface area contributed by atoms with Gasteiger partial charge in [-0.2, -0.15) is 5.10 Å². The van der Waals surface area contributed by atoms with E-state index in [9.17, 15) is 0 Å². The molecule has 1 N–H and O–H groups in total. The fourth-order valence-corrected chi connectivity index (χ4v) is 2.49.